The van der Waals surface area contributed by atoms with Crippen molar-refractivity contribution in [1.82, 2.24) is 120 Å². The molecule has 2 saturated heterocycles. The molecular formula is C112H118ClN29O8. The average molecular weight is 2030 g/mol. The summed E-state index contributed by atoms with van der Waals surface area (Å²) in [5.41, 5.74) is 24.5. The van der Waals surface area contributed by atoms with Gasteiger partial charge in [0.1, 0.15) is 17.2 Å². The highest BCUT2D eigenvalue weighted by Gasteiger charge is 2.25. The molecule has 12 N–H and O–H groups in total. The van der Waals surface area contributed by atoms with E-state index >= 15 is 0 Å². The normalized spacial score (nSPS) is 14.0. The number of pyridine rings is 5. The van der Waals surface area contributed by atoms with Gasteiger partial charge in [-0.15, -0.1) is 25.5 Å². The number of piperidine rings is 1. The van der Waals surface area contributed by atoms with Crippen LogP contribution < -0.4 is 73.1 Å². The van der Waals surface area contributed by atoms with Crippen LogP contribution in [0.4, 0.5) is 52.5 Å². The number of amides is 4. The number of nitrogens with one attached hydrogen (secondary N) is 10. The number of ether oxygens (including phenoxy) is 4. The molecular weight excluding hydrogens is 1910 g/mol. The Hall–Kier alpha value is -17.5. The number of nitrogen functional groups attached to an aromatic ring is 1. The van der Waals surface area contributed by atoms with Crippen molar-refractivity contribution in [2.75, 3.05) is 121 Å². The fourth-order valence-electron chi connectivity index (χ4n) is 17.8. The Kier molecular flexibility index (Phi) is 33.6. The second-order valence-corrected chi connectivity index (χ2v) is 36.9. The van der Waals surface area contributed by atoms with Gasteiger partial charge in [-0.25, -0.2) is 22.6 Å². The molecule has 3 fully saturated rings. The monoisotopic (exact) mass is 2030 g/mol. The van der Waals surface area contributed by atoms with Gasteiger partial charge in [-0.2, -0.15) is 30.0 Å². The van der Waals surface area contributed by atoms with E-state index in [1.807, 2.05) is 285 Å². The molecule has 38 heteroatoms. The van der Waals surface area contributed by atoms with E-state index in [1.54, 1.807) is 75.2 Å². The Labute approximate surface area is 871 Å². The zero-order valence-electron chi connectivity index (χ0n) is 84.2. The lowest BCUT2D eigenvalue weighted by Gasteiger charge is -2.28. The van der Waals surface area contributed by atoms with E-state index < -0.39 is 0 Å². The van der Waals surface area contributed by atoms with Gasteiger partial charge >= 0.3 is 0 Å². The molecule has 2 aliphatic heterocycles. The second-order valence-electron chi connectivity index (χ2n) is 36.5. The van der Waals surface area contributed by atoms with Gasteiger partial charge in [-0.05, 0) is 277 Å². The number of benzene rings is 8. The number of methoxy groups -OCH3 is 3. The minimum Gasteiger partial charge on any atom is -0.497 e. The fourth-order valence-corrected chi connectivity index (χ4v) is 18.0. The summed E-state index contributed by atoms with van der Waals surface area (Å²) in [7, 11) is 8.55. The first-order chi connectivity index (χ1) is 73.3. The molecule has 0 radical (unpaired) electrons. The van der Waals surface area contributed by atoms with Crippen molar-refractivity contribution < 1.29 is 38.1 Å². The molecule has 150 heavy (non-hydrogen) atoms. The Morgan fingerprint density at radius 3 is 1.19 bits per heavy atom. The number of carbonyl (C=O) groups excluding carboxylic acids is 4. The number of carbonyl (C=O) groups is 4. The predicted molar refractivity (Wildman–Crippen MR) is 584 cm³/mol. The highest BCUT2D eigenvalue weighted by atomic mass is 35.5. The van der Waals surface area contributed by atoms with E-state index in [4.69, 9.17) is 36.3 Å². The van der Waals surface area contributed by atoms with Crippen LogP contribution in [-0.2, 0) is 11.3 Å². The molecule has 0 spiro atoms. The number of hydrogen-bond acceptors (Lipinski definition) is 27. The summed E-state index contributed by atoms with van der Waals surface area (Å²) in [6, 6.07) is 90.3. The van der Waals surface area contributed by atoms with Gasteiger partial charge in [-0.1, -0.05) is 104 Å². The molecule has 4 amide bonds. The number of halogens is 1. The van der Waals surface area contributed by atoms with Crippen molar-refractivity contribution in [2.45, 2.75) is 71.0 Å². The van der Waals surface area contributed by atoms with Crippen LogP contribution in [0.5, 0.6) is 17.2 Å². The Morgan fingerprint density at radius 2 is 0.787 bits per heavy atom. The Morgan fingerprint density at radius 1 is 0.420 bits per heavy atom. The van der Waals surface area contributed by atoms with Crippen molar-refractivity contribution in [2.24, 2.45) is 11.8 Å². The third-order valence-corrected chi connectivity index (χ3v) is 25.9. The lowest BCUT2D eigenvalue weighted by molar-refractivity contribution is 0.0383. The maximum atomic E-state index is 12.7. The molecule has 0 bridgehead atoms. The maximum absolute atomic E-state index is 12.7. The fraction of sp³-hybridized carbons (Fsp3) is 0.241. The van der Waals surface area contributed by atoms with Crippen molar-refractivity contribution in [3.8, 4) is 73.5 Å². The van der Waals surface area contributed by atoms with Crippen molar-refractivity contribution in [3.63, 3.8) is 0 Å². The number of fused-ring (bicyclic) bond motifs is 5. The lowest BCUT2D eigenvalue weighted by atomic mass is 9.91. The molecule has 11 aromatic heterocycles. The first kappa shape index (κ1) is 102. The maximum Gasteiger partial charge on any atom is 0.251 e. The molecule has 8 aromatic carbocycles. The van der Waals surface area contributed by atoms with Crippen molar-refractivity contribution >= 4 is 116 Å². The summed E-state index contributed by atoms with van der Waals surface area (Å²) in [6.45, 7) is 12.8. The first-order valence-electron chi connectivity index (χ1n) is 49.8. The summed E-state index contributed by atoms with van der Waals surface area (Å²) < 4.78 is 32.3. The molecule has 1 aliphatic carbocycles. The van der Waals surface area contributed by atoms with Gasteiger partial charge in [0.05, 0.1) is 69.2 Å². The third-order valence-electron chi connectivity index (χ3n) is 25.7. The number of anilines is 9. The van der Waals surface area contributed by atoms with Gasteiger partial charge < -0.3 is 77.8 Å². The molecule has 3 aliphatic rings. The quantitative estimate of drug-likeness (QED) is 0.0207. The lowest BCUT2D eigenvalue weighted by Crippen LogP contribution is -2.41. The van der Waals surface area contributed by atoms with Crippen LogP contribution in [0, 0.1) is 11.8 Å². The number of aromatic nitrogens is 17. The largest absolute Gasteiger partial charge is 0.497 e. The molecule has 37 nitrogen and oxygen atoms in total. The SMILES string of the molecule is CC(C)Cn1cc(-c2cccc3nc(N)nn23)cn1.CNC(=O)c1ccc(Nc2nc3cccc(-c4cccc(OC)c4)n3n2)cc1.CNC1CCC(NC(=O)c2ccc(Nc3nc4cccc(-c5cccc(Cl)c5)n4n3)cc2)CC1.COc1cccc(-c2cccc3nc(Nc4ccc(C(=O)NCC5CCNCC5)cc4)nn23)c1.COc1cccc(-c2cccc3nc(Nc4ccc(C(=O)NCCN5CCOCC5)cc4)nn23)c1. The second kappa shape index (κ2) is 49.1. The molecule has 13 heterocycles. The number of hydrogen-bond donors (Lipinski definition) is 11. The highest BCUT2D eigenvalue weighted by molar-refractivity contribution is 6.30. The number of rotatable bonds is 29. The van der Waals surface area contributed by atoms with E-state index in [1.165, 1.54) is 0 Å². The topological polar surface area (TPSA) is 424 Å². The predicted octanol–water partition coefficient (Wildman–Crippen LogP) is 17.5. The van der Waals surface area contributed by atoms with Crippen LogP contribution in [0.25, 0.3) is 84.5 Å². The Balaban J connectivity index is 0.000000124. The van der Waals surface area contributed by atoms with Gasteiger partial charge in [0.15, 0.2) is 28.2 Å². The van der Waals surface area contributed by atoms with Gasteiger partial charge in [-0.3, -0.25) is 28.8 Å². The van der Waals surface area contributed by atoms with Crippen LogP contribution in [0.3, 0.4) is 0 Å². The van der Waals surface area contributed by atoms with E-state index in [-0.39, 0.29) is 35.6 Å². The molecule has 766 valence electrons. The minimum absolute atomic E-state index is 0.0310. The smallest absolute Gasteiger partial charge is 0.251 e. The Bertz CT molecular complexity index is 7820. The minimum atomic E-state index is -0.125. The number of nitrogens with zero attached hydrogens (tertiary/aromatic N) is 18. The summed E-state index contributed by atoms with van der Waals surface area (Å²) in [4.78, 5) is 74.1. The van der Waals surface area contributed by atoms with Crippen LogP contribution in [0.2, 0.25) is 5.02 Å². The summed E-state index contributed by atoms with van der Waals surface area (Å²) in [5.74, 6) is 5.37. The van der Waals surface area contributed by atoms with E-state index in [9.17, 15) is 19.2 Å². The summed E-state index contributed by atoms with van der Waals surface area (Å²) in [6.07, 6.45) is 10.3. The zero-order valence-corrected chi connectivity index (χ0v) is 84.9. The van der Waals surface area contributed by atoms with Crippen LogP contribution in [-0.4, -0.2) is 218 Å². The van der Waals surface area contributed by atoms with E-state index in [2.05, 4.69) is 127 Å². The molecule has 1 saturated carbocycles. The molecule has 0 atom stereocenters. The average Bonchev–Trinajstić information content (AvgIpc) is 1.66. The van der Waals surface area contributed by atoms with Crippen molar-refractivity contribution in [3.05, 3.63) is 325 Å². The molecule has 0 unspecified atom stereocenters. The zero-order chi connectivity index (χ0) is 104. The third kappa shape index (κ3) is 26.3. The summed E-state index contributed by atoms with van der Waals surface area (Å²) >= 11 is 6.17. The van der Waals surface area contributed by atoms with Crippen LogP contribution in [0.1, 0.15) is 93.8 Å². The van der Waals surface area contributed by atoms with E-state index in [0.717, 1.165) is 222 Å². The number of nitrogens with two attached hydrogens (primary N) is 1. The first-order valence-corrected chi connectivity index (χ1v) is 50.2. The number of morpholine rings is 1. The van der Waals surface area contributed by atoms with Gasteiger partial charge in [0.2, 0.25) is 29.7 Å². The van der Waals surface area contributed by atoms with Crippen molar-refractivity contribution in [1.29, 1.82) is 0 Å². The molecule has 19 aromatic rings. The van der Waals surface area contributed by atoms with Gasteiger partial charge in [0.25, 0.3) is 23.6 Å². The van der Waals surface area contributed by atoms with Crippen LogP contribution >= 0.6 is 11.6 Å². The molecule has 22 rings (SSSR count). The van der Waals surface area contributed by atoms with Crippen LogP contribution in [0.15, 0.2) is 298 Å². The highest BCUT2D eigenvalue weighted by Crippen LogP contribution is 2.33. The van der Waals surface area contributed by atoms with E-state index in [0.29, 0.717) is 75.5 Å². The van der Waals surface area contributed by atoms with Gasteiger partial charge in [0, 0.05) is 142 Å². The standard InChI is InChI=1S/C26H27ClN6O.C26H28N6O3.C26H28N6O2.C21H19N5O2.C13H16N6/c1-28-20-12-14-21(15-13-20)29-25(34)17-8-10-22(11-9-17)30-26-31-24-7-3-6-23(33(24)32-26)18-4-2-5-19(27)16-18;1-34-22-5-2-4-20(18-22)23-6-3-7-24-29-26(30-32(23)24)28-21-10-8-19(9-11-21)25(33)27-12-13-31-14-16-35-17-15-31;1-34-22-5-2-4-20(16-22)23-6-3-7-24-30-26(31-32(23)24)29-21-10-8-19(9-11-21)25(33)28-17-18-12-14-27-15-13-18;1-22-20(27)14-9-11-16(12-10-14)23-21-24-19-8-4-7-18(26(19)25-21)15-5-3-6-17(13-15)28-2;1-9(2)7-18-8-10(6-15-18)11-4-3-5-12-16-13(14)17-19(11)12/h2-11,16,20-21,28H,12-15H2,1H3,(H,29,34)(H,30,32);2-11,18H,12-17H2,1H3,(H,27,33)(H,28,30);2-11,16,18,27H,12-15,17H2,1H3,(H,28,33)(H,29,31);3-13H,1-2H3,(H,22,27)(H,23,25);3-6,8-9H,7H2,1-2H3,(H2,14,17). The summed E-state index contributed by atoms with van der Waals surface area (Å²) in [5, 5.41) is 59.1.